The zero-order valence-electron chi connectivity index (χ0n) is 10.3. The molecule has 17 heavy (non-hydrogen) atoms. The maximum absolute atomic E-state index is 5.67. The van der Waals surface area contributed by atoms with E-state index in [0.717, 1.165) is 0 Å². The Kier molecular flexibility index (Phi) is 3.99. The molecule has 90 valence electrons. The van der Waals surface area contributed by atoms with Gasteiger partial charge < -0.3 is 9.47 Å². The summed E-state index contributed by atoms with van der Waals surface area (Å²) >= 11 is 0. The van der Waals surface area contributed by atoms with Crippen molar-refractivity contribution in [2.75, 3.05) is 13.7 Å². The molecule has 0 aliphatic carbocycles. The highest BCUT2D eigenvalue weighted by Crippen LogP contribution is 2.29. The third-order valence-electron chi connectivity index (χ3n) is 3.02. The van der Waals surface area contributed by atoms with Gasteiger partial charge in [-0.1, -0.05) is 36.4 Å². The van der Waals surface area contributed by atoms with Crippen molar-refractivity contribution in [1.82, 2.24) is 0 Å². The lowest BCUT2D eigenvalue weighted by Crippen LogP contribution is -2.09. The molecule has 0 bridgehead atoms. The van der Waals surface area contributed by atoms with E-state index in [9.17, 15) is 0 Å². The summed E-state index contributed by atoms with van der Waals surface area (Å²) in [6.45, 7) is 2.80. The molecule has 0 amide bonds. The Morgan fingerprint density at radius 1 is 1.29 bits per heavy atom. The van der Waals surface area contributed by atoms with Gasteiger partial charge in [0.05, 0.1) is 26.1 Å². The Labute approximate surface area is 103 Å². The van der Waals surface area contributed by atoms with E-state index in [1.807, 2.05) is 18.2 Å². The van der Waals surface area contributed by atoms with Gasteiger partial charge in [0.2, 0.25) is 0 Å². The average molecular weight is 230 g/mol. The van der Waals surface area contributed by atoms with Gasteiger partial charge >= 0.3 is 0 Å². The van der Waals surface area contributed by atoms with Gasteiger partial charge in [0.1, 0.15) is 0 Å². The summed E-state index contributed by atoms with van der Waals surface area (Å²) < 4.78 is 10.7. The lowest BCUT2D eigenvalue weighted by Gasteiger charge is -2.10. The Bertz CT molecular complexity index is 406. The Balaban J connectivity index is 2.19. The van der Waals surface area contributed by atoms with Crippen molar-refractivity contribution in [2.24, 2.45) is 5.92 Å². The molecule has 0 saturated carbocycles. The van der Waals surface area contributed by atoms with Crippen LogP contribution in [-0.2, 0) is 9.47 Å². The van der Waals surface area contributed by atoms with E-state index in [2.05, 4.69) is 31.2 Å². The van der Waals surface area contributed by atoms with E-state index in [1.165, 1.54) is 11.1 Å². The SMILES string of the molecule is CO/C=C/[C@H]1/C(=C\c2ccccc2)CO[C@@H]1C. The van der Waals surface area contributed by atoms with Crippen LogP contribution < -0.4 is 0 Å². The molecule has 0 N–H and O–H groups in total. The third kappa shape index (κ3) is 2.98. The summed E-state index contributed by atoms with van der Waals surface area (Å²) in [4.78, 5) is 0. The zero-order chi connectivity index (χ0) is 12.1. The van der Waals surface area contributed by atoms with Crippen LogP contribution in [0.1, 0.15) is 12.5 Å². The van der Waals surface area contributed by atoms with Crippen LogP contribution in [0.3, 0.4) is 0 Å². The molecule has 0 aromatic heterocycles. The smallest absolute Gasteiger partial charge is 0.0791 e. The summed E-state index contributed by atoms with van der Waals surface area (Å²) in [5.74, 6) is 0.315. The fourth-order valence-electron chi connectivity index (χ4n) is 2.07. The minimum absolute atomic E-state index is 0.219. The molecule has 1 aliphatic heterocycles. The molecular formula is C15H18O2. The molecule has 0 radical (unpaired) electrons. The van der Waals surface area contributed by atoms with Crippen LogP contribution in [0.2, 0.25) is 0 Å². The van der Waals surface area contributed by atoms with E-state index in [4.69, 9.17) is 9.47 Å². The van der Waals surface area contributed by atoms with Crippen molar-refractivity contribution in [3.8, 4) is 0 Å². The minimum atomic E-state index is 0.219. The first-order valence-corrected chi connectivity index (χ1v) is 5.88. The van der Waals surface area contributed by atoms with Crippen molar-refractivity contribution in [1.29, 1.82) is 0 Å². The van der Waals surface area contributed by atoms with Gasteiger partial charge in [-0.05, 0) is 24.1 Å². The van der Waals surface area contributed by atoms with Crippen molar-refractivity contribution in [3.05, 3.63) is 53.8 Å². The van der Waals surface area contributed by atoms with Crippen LogP contribution in [0.5, 0.6) is 0 Å². The predicted octanol–water partition coefficient (Wildman–Crippen LogP) is 3.27. The van der Waals surface area contributed by atoms with Gasteiger partial charge in [0.25, 0.3) is 0 Å². The number of methoxy groups -OCH3 is 1. The molecule has 2 heteroatoms. The normalized spacial score (nSPS) is 26.8. The van der Waals surface area contributed by atoms with Gasteiger partial charge in [-0.15, -0.1) is 0 Å². The van der Waals surface area contributed by atoms with Crippen LogP contribution in [0.25, 0.3) is 6.08 Å². The third-order valence-corrected chi connectivity index (χ3v) is 3.02. The second-order valence-corrected chi connectivity index (χ2v) is 4.24. The largest absolute Gasteiger partial charge is 0.505 e. The van der Waals surface area contributed by atoms with Crippen molar-refractivity contribution < 1.29 is 9.47 Å². The Morgan fingerprint density at radius 3 is 2.76 bits per heavy atom. The molecule has 1 aromatic carbocycles. The fraction of sp³-hybridized carbons (Fsp3) is 0.333. The van der Waals surface area contributed by atoms with E-state index < -0.39 is 0 Å². The van der Waals surface area contributed by atoms with Gasteiger partial charge in [0.15, 0.2) is 0 Å². The molecule has 0 unspecified atom stereocenters. The lowest BCUT2D eigenvalue weighted by atomic mass is 9.95. The first-order valence-electron chi connectivity index (χ1n) is 5.88. The van der Waals surface area contributed by atoms with E-state index in [-0.39, 0.29) is 6.10 Å². The highest BCUT2D eigenvalue weighted by molar-refractivity contribution is 5.54. The monoisotopic (exact) mass is 230 g/mol. The summed E-state index contributed by atoms with van der Waals surface area (Å²) in [5, 5.41) is 0. The first-order chi connectivity index (χ1) is 8.31. The van der Waals surface area contributed by atoms with Crippen LogP contribution in [0.4, 0.5) is 0 Å². The molecule has 2 nitrogen and oxygen atoms in total. The second-order valence-electron chi connectivity index (χ2n) is 4.24. The molecule has 1 heterocycles. The quantitative estimate of drug-likeness (QED) is 0.742. The standard InChI is InChI=1S/C15H18O2/c1-12-15(8-9-16-2)14(11-17-12)10-13-6-4-3-5-7-13/h3-10,12,15H,11H2,1-2H3/b9-8+,14-10-/t12-,15-/m1/s1. The summed E-state index contributed by atoms with van der Waals surface area (Å²) in [6, 6.07) is 10.3. The van der Waals surface area contributed by atoms with Gasteiger partial charge in [0, 0.05) is 5.92 Å². The number of hydrogen-bond acceptors (Lipinski definition) is 2. The fourth-order valence-corrected chi connectivity index (χ4v) is 2.07. The van der Waals surface area contributed by atoms with E-state index in [0.29, 0.717) is 12.5 Å². The van der Waals surface area contributed by atoms with E-state index >= 15 is 0 Å². The lowest BCUT2D eigenvalue weighted by molar-refractivity contribution is 0.115. The molecular weight excluding hydrogens is 212 g/mol. The highest BCUT2D eigenvalue weighted by Gasteiger charge is 2.26. The Hall–Kier alpha value is -1.54. The highest BCUT2D eigenvalue weighted by atomic mass is 16.5. The molecule has 2 rings (SSSR count). The summed E-state index contributed by atoms with van der Waals surface area (Å²) in [7, 11) is 1.66. The molecule has 1 aliphatic rings. The average Bonchev–Trinajstić information content (AvgIpc) is 2.69. The Morgan fingerprint density at radius 2 is 2.06 bits per heavy atom. The second kappa shape index (κ2) is 5.69. The molecule has 2 atom stereocenters. The van der Waals surface area contributed by atoms with Gasteiger partial charge in [-0.3, -0.25) is 0 Å². The predicted molar refractivity (Wildman–Crippen MR) is 69.5 cm³/mol. The number of hydrogen-bond donors (Lipinski definition) is 0. The van der Waals surface area contributed by atoms with Crippen molar-refractivity contribution >= 4 is 6.08 Å². The summed E-state index contributed by atoms with van der Waals surface area (Å²) in [5.41, 5.74) is 2.52. The van der Waals surface area contributed by atoms with E-state index in [1.54, 1.807) is 13.4 Å². The maximum Gasteiger partial charge on any atom is 0.0791 e. The van der Waals surface area contributed by atoms with Crippen molar-refractivity contribution in [2.45, 2.75) is 13.0 Å². The molecule has 0 spiro atoms. The van der Waals surface area contributed by atoms with Crippen LogP contribution in [0.15, 0.2) is 48.2 Å². The van der Waals surface area contributed by atoms with Gasteiger partial charge in [-0.2, -0.15) is 0 Å². The van der Waals surface area contributed by atoms with Crippen LogP contribution in [0, 0.1) is 5.92 Å². The molecule has 1 saturated heterocycles. The number of benzene rings is 1. The van der Waals surface area contributed by atoms with Gasteiger partial charge in [-0.25, -0.2) is 0 Å². The maximum atomic E-state index is 5.67. The number of rotatable bonds is 3. The topological polar surface area (TPSA) is 18.5 Å². The first kappa shape index (κ1) is 11.9. The molecule has 1 aromatic rings. The minimum Gasteiger partial charge on any atom is -0.505 e. The van der Waals surface area contributed by atoms with Crippen molar-refractivity contribution in [3.63, 3.8) is 0 Å². The molecule has 1 fully saturated rings. The van der Waals surface area contributed by atoms with Crippen LogP contribution in [-0.4, -0.2) is 19.8 Å². The zero-order valence-corrected chi connectivity index (χ0v) is 10.3. The number of ether oxygens (including phenoxy) is 2. The summed E-state index contributed by atoms with van der Waals surface area (Å²) in [6.07, 6.45) is 6.21. The van der Waals surface area contributed by atoms with Crippen LogP contribution >= 0.6 is 0 Å².